The molecular formula is C20H36IN5S. The van der Waals surface area contributed by atoms with Crippen LogP contribution < -0.4 is 10.6 Å². The average Bonchev–Trinajstić information content (AvgIpc) is 2.65. The molecule has 0 amide bonds. The Balaban J connectivity index is 0.00000364. The number of thioether (sulfide) groups is 1. The minimum absolute atomic E-state index is 0. The Bertz CT molecular complexity index is 588. The average molecular weight is 506 g/mol. The normalized spacial score (nSPS) is 17.3. The molecule has 0 radical (unpaired) electrons. The highest BCUT2D eigenvalue weighted by molar-refractivity contribution is 14.0. The molecular weight excluding hydrogens is 469 g/mol. The number of nitrogens with one attached hydrogen (secondary N) is 2. The molecule has 0 aliphatic carbocycles. The second-order valence-electron chi connectivity index (χ2n) is 7.08. The summed E-state index contributed by atoms with van der Waals surface area (Å²) in [5.41, 5.74) is 2.58. The summed E-state index contributed by atoms with van der Waals surface area (Å²) in [6, 6.07) is 7.11. The van der Waals surface area contributed by atoms with Gasteiger partial charge in [0.15, 0.2) is 5.96 Å². The van der Waals surface area contributed by atoms with Gasteiger partial charge < -0.3 is 15.5 Å². The molecule has 2 N–H and O–H groups in total. The number of likely N-dealkylation sites (N-methyl/N-ethyl adjacent to an activating group) is 1. The maximum atomic E-state index is 4.81. The van der Waals surface area contributed by atoms with Gasteiger partial charge in [0, 0.05) is 50.2 Å². The highest BCUT2D eigenvalue weighted by atomic mass is 127. The van der Waals surface area contributed by atoms with Gasteiger partial charge in [0.1, 0.15) is 0 Å². The van der Waals surface area contributed by atoms with Gasteiger partial charge in [0.25, 0.3) is 0 Å². The number of rotatable bonds is 7. The van der Waals surface area contributed by atoms with Crippen molar-refractivity contribution in [3.8, 4) is 0 Å². The number of piperazine rings is 1. The van der Waals surface area contributed by atoms with E-state index < -0.39 is 0 Å². The van der Waals surface area contributed by atoms with Crippen molar-refractivity contribution >= 4 is 41.7 Å². The van der Waals surface area contributed by atoms with Crippen molar-refractivity contribution in [1.29, 1.82) is 0 Å². The molecule has 0 saturated carbocycles. The molecule has 27 heavy (non-hydrogen) atoms. The maximum Gasteiger partial charge on any atom is 0.191 e. The molecule has 154 valence electrons. The number of hydrogen-bond acceptors (Lipinski definition) is 4. The minimum Gasteiger partial charge on any atom is -0.357 e. The summed E-state index contributed by atoms with van der Waals surface area (Å²) < 4.78 is 0. The molecule has 2 rings (SSSR count). The predicted octanol–water partition coefficient (Wildman–Crippen LogP) is 3.03. The van der Waals surface area contributed by atoms with Crippen LogP contribution in [0.25, 0.3) is 0 Å². The van der Waals surface area contributed by atoms with E-state index >= 15 is 0 Å². The number of halogens is 1. The quantitative estimate of drug-likeness (QED) is 0.258. The van der Waals surface area contributed by atoms with Crippen LogP contribution in [0.2, 0.25) is 0 Å². The summed E-state index contributed by atoms with van der Waals surface area (Å²) in [5.74, 6) is 0.904. The second kappa shape index (κ2) is 12.9. The fourth-order valence-corrected chi connectivity index (χ4v) is 3.82. The van der Waals surface area contributed by atoms with Crippen molar-refractivity contribution in [2.45, 2.75) is 38.3 Å². The Labute approximate surface area is 186 Å². The first kappa shape index (κ1) is 24.5. The smallest absolute Gasteiger partial charge is 0.191 e. The highest BCUT2D eigenvalue weighted by Crippen LogP contribution is 2.22. The predicted molar refractivity (Wildman–Crippen MR) is 130 cm³/mol. The van der Waals surface area contributed by atoms with E-state index in [9.17, 15) is 0 Å². The summed E-state index contributed by atoms with van der Waals surface area (Å²) in [4.78, 5) is 11.1. The molecule has 1 saturated heterocycles. The van der Waals surface area contributed by atoms with Gasteiger partial charge in [-0.1, -0.05) is 12.1 Å². The first-order valence-corrected chi connectivity index (χ1v) is 10.8. The Hall–Kier alpha value is -0.510. The van der Waals surface area contributed by atoms with Crippen LogP contribution in [-0.4, -0.2) is 74.4 Å². The van der Waals surface area contributed by atoms with Gasteiger partial charge in [-0.2, -0.15) is 0 Å². The van der Waals surface area contributed by atoms with Crippen LogP contribution in [0.3, 0.4) is 0 Å². The van der Waals surface area contributed by atoms with E-state index in [-0.39, 0.29) is 24.0 Å². The molecule has 1 heterocycles. The third-order valence-corrected chi connectivity index (χ3v) is 5.74. The van der Waals surface area contributed by atoms with E-state index in [1.54, 1.807) is 11.8 Å². The lowest BCUT2D eigenvalue weighted by atomic mass is 10.1. The van der Waals surface area contributed by atoms with Crippen molar-refractivity contribution in [1.82, 2.24) is 20.4 Å². The van der Waals surface area contributed by atoms with E-state index in [1.807, 2.05) is 0 Å². The molecule has 7 heteroatoms. The van der Waals surface area contributed by atoms with Crippen molar-refractivity contribution in [3.63, 3.8) is 0 Å². The Morgan fingerprint density at radius 3 is 2.56 bits per heavy atom. The van der Waals surface area contributed by atoms with Crippen LogP contribution in [0.15, 0.2) is 28.1 Å². The van der Waals surface area contributed by atoms with Crippen LogP contribution in [0.4, 0.5) is 0 Å². The monoisotopic (exact) mass is 505 g/mol. The maximum absolute atomic E-state index is 4.81. The molecule has 1 aromatic rings. The van der Waals surface area contributed by atoms with Crippen LogP contribution in [-0.2, 0) is 6.54 Å². The van der Waals surface area contributed by atoms with Gasteiger partial charge in [-0.15, -0.1) is 35.7 Å². The van der Waals surface area contributed by atoms with Gasteiger partial charge in [-0.05, 0) is 51.3 Å². The number of benzene rings is 1. The summed E-state index contributed by atoms with van der Waals surface area (Å²) >= 11 is 1.79. The van der Waals surface area contributed by atoms with Gasteiger partial charge in [0.05, 0.1) is 6.54 Å². The Morgan fingerprint density at radius 1 is 1.22 bits per heavy atom. The lowest BCUT2D eigenvalue weighted by molar-refractivity contribution is 0.120. The van der Waals surface area contributed by atoms with Crippen LogP contribution in [0.5, 0.6) is 0 Å². The zero-order valence-corrected chi connectivity index (χ0v) is 20.6. The van der Waals surface area contributed by atoms with E-state index in [0.717, 1.165) is 45.2 Å². The van der Waals surface area contributed by atoms with Crippen molar-refractivity contribution < 1.29 is 0 Å². The molecule has 5 nitrogen and oxygen atoms in total. The summed E-state index contributed by atoms with van der Waals surface area (Å²) in [5, 5.41) is 6.90. The van der Waals surface area contributed by atoms with E-state index in [4.69, 9.17) is 4.99 Å². The van der Waals surface area contributed by atoms with Crippen molar-refractivity contribution in [2.75, 3.05) is 52.6 Å². The highest BCUT2D eigenvalue weighted by Gasteiger charge is 2.19. The molecule has 1 fully saturated rings. The topological polar surface area (TPSA) is 42.9 Å². The number of hydrogen-bond donors (Lipinski definition) is 2. The van der Waals surface area contributed by atoms with Crippen LogP contribution >= 0.6 is 35.7 Å². The molecule has 0 spiro atoms. The van der Waals surface area contributed by atoms with Gasteiger partial charge >= 0.3 is 0 Å². The van der Waals surface area contributed by atoms with E-state index in [2.05, 4.69) is 72.7 Å². The van der Waals surface area contributed by atoms with Crippen LogP contribution in [0, 0.1) is 6.92 Å². The zero-order valence-electron chi connectivity index (χ0n) is 17.4. The van der Waals surface area contributed by atoms with E-state index in [1.165, 1.54) is 16.0 Å². The summed E-state index contributed by atoms with van der Waals surface area (Å²) in [7, 11) is 2.20. The zero-order chi connectivity index (χ0) is 18.9. The van der Waals surface area contributed by atoms with Gasteiger partial charge in [0.2, 0.25) is 0 Å². The minimum atomic E-state index is 0. The molecule has 1 unspecified atom stereocenters. The molecule has 1 aromatic carbocycles. The standard InChI is InChI=1S/C20H35N5S.HI/c1-6-21-20(22-14-17(3)25-11-9-24(4)10-12-25)23-15-18-8-7-16(2)13-19(18)26-5;/h7-8,13,17H,6,9-12,14-15H2,1-5H3,(H2,21,22,23);1H. The number of aliphatic imine (C=N–C) groups is 1. The lowest BCUT2D eigenvalue weighted by Crippen LogP contribution is -2.52. The Kier molecular flexibility index (Phi) is 11.7. The molecule has 0 aromatic heterocycles. The molecule has 1 atom stereocenters. The van der Waals surface area contributed by atoms with Gasteiger partial charge in [-0.3, -0.25) is 4.90 Å². The fraction of sp³-hybridized carbons (Fsp3) is 0.650. The third kappa shape index (κ3) is 8.17. The fourth-order valence-electron chi connectivity index (χ4n) is 3.12. The number of nitrogens with zero attached hydrogens (tertiary/aromatic N) is 3. The first-order chi connectivity index (χ1) is 12.5. The third-order valence-electron chi connectivity index (χ3n) is 4.92. The molecule has 0 bridgehead atoms. The van der Waals surface area contributed by atoms with Crippen LogP contribution in [0.1, 0.15) is 25.0 Å². The Morgan fingerprint density at radius 2 is 1.93 bits per heavy atom. The second-order valence-corrected chi connectivity index (χ2v) is 7.93. The van der Waals surface area contributed by atoms with Gasteiger partial charge in [-0.25, -0.2) is 4.99 Å². The van der Waals surface area contributed by atoms with Crippen molar-refractivity contribution in [2.24, 2.45) is 4.99 Å². The largest absolute Gasteiger partial charge is 0.357 e. The van der Waals surface area contributed by atoms with E-state index in [0.29, 0.717) is 12.6 Å². The number of aryl methyl sites for hydroxylation is 1. The first-order valence-electron chi connectivity index (χ1n) is 9.61. The number of guanidine groups is 1. The lowest BCUT2D eigenvalue weighted by Gasteiger charge is -2.36. The van der Waals surface area contributed by atoms with Crippen molar-refractivity contribution in [3.05, 3.63) is 29.3 Å². The SMILES string of the molecule is CCNC(=NCc1ccc(C)cc1SC)NCC(C)N1CCN(C)CC1.I. The summed E-state index contributed by atoms with van der Waals surface area (Å²) in [6.45, 7) is 13.6. The molecule has 1 aliphatic heterocycles. The molecule has 1 aliphatic rings. The summed E-state index contributed by atoms with van der Waals surface area (Å²) in [6.07, 6.45) is 2.13.